The van der Waals surface area contributed by atoms with Gasteiger partial charge in [-0.2, -0.15) is 5.10 Å². The number of para-hydroxylation sites is 2. The van der Waals surface area contributed by atoms with E-state index in [9.17, 15) is 0 Å². The normalized spacial score (nSPS) is 11.1. The molecule has 2 heterocycles. The van der Waals surface area contributed by atoms with E-state index in [2.05, 4.69) is 27.2 Å². The van der Waals surface area contributed by atoms with Crippen LogP contribution in [0.1, 0.15) is 0 Å². The first kappa shape index (κ1) is 11.9. The highest BCUT2D eigenvalue weighted by atomic mass is 15.3. The molecule has 0 unspecified atom stereocenters. The summed E-state index contributed by atoms with van der Waals surface area (Å²) in [5.41, 5.74) is 5.05. The Morgan fingerprint density at radius 1 is 0.952 bits per heavy atom. The Kier molecular flexibility index (Phi) is 2.60. The quantitative estimate of drug-likeness (QED) is 0.606. The van der Waals surface area contributed by atoms with Crippen molar-refractivity contribution in [2.24, 2.45) is 7.05 Å². The molecule has 0 saturated carbocycles. The smallest absolute Gasteiger partial charge is 0.142 e. The van der Waals surface area contributed by atoms with Crippen molar-refractivity contribution in [3.63, 3.8) is 0 Å². The summed E-state index contributed by atoms with van der Waals surface area (Å²) in [5, 5.41) is 4.58. The predicted molar refractivity (Wildman–Crippen MR) is 83.7 cm³/mol. The molecular formula is C17H14N4. The number of aryl methyl sites for hydroxylation is 1. The lowest BCUT2D eigenvalue weighted by Gasteiger charge is -1.99. The first-order valence-corrected chi connectivity index (χ1v) is 6.85. The number of aromatic nitrogens is 4. The van der Waals surface area contributed by atoms with Crippen LogP contribution in [0.4, 0.5) is 0 Å². The van der Waals surface area contributed by atoms with Crippen molar-refractivity contribution in [2.45, 2.75) is 0 Å². The standard InChI is InChI=1S/C17H14N4/c1-21-11-13(16(20-21)12-7-3-2-4-8-12)17-18-14-9-5-6-10-15(14)19-17/h2-11H,1H3,(H,18,19). The van der Waals surface area contributed by atoms with Crippen LogP contribution < -0.4 is 0 Å². The summed E-state index contributed by atoms with van der Waals surface area (Å²) in [4.78, 5) is 8.04. The zero-order chi connectivity index (χ0) is 14.2. The molecule has 2 aromatic carbocycles. The van der Waals surface area contributed by atoms with Gasteiger partial charge in [-0.15, -0.1) is 0 Å². The van der Waals surface area contributed by atoms with Gasteiger partial charge in [-0.05, 0) is 12.1 Å². The van der Waals surface area contributed by atoms with Crippen molar-refractivity contribution in [1.29, 1.82) is 0 Å². The van der Waals surface area contributed by atoms with Crippen LogP contribution >= 0.6 is 0 Å². The van der Waals surface area contributed by atoms with Crippen molar-refractivity contribution < 1.29 is 0 Å². The monoisotopic (exact) mass is 274 g/mol. The molecule has 2 aromatic heterocycles. The van der Waals surface area contributed by atoms with Gasteiger partial charge >= 0.3 is 0 Å². The molecule has 0 radical (unpaired) electrons. The van der Waals surface area contributed by atoms with Crippen LogP contribution in [0.2, 0.25) is 0 Å². The topological polar surface area (TPSA) is 46.5 Å². The van der Waals surface area contributed by atoms with E-state index in [4.69, 9.17) is 0 Å². The Hall–Kier alpha value is -2.88. The fourth-order valence-electron chi connectivity index (χ4n) is 2.55. The molecule has 4 heteroatoms. The Labute approximate surface area is 122 Å². The molecule has 0 saturated heterocycles. The second kappa shape index (κ2) is 4.59. The first-order chi connectivity index (χ1) is 10.3. The molecule has 0 amide bonds. The molecule has 0 atom stereocenters. The molecule has 4 aromatic rings. The first-order valence-electron chi connectivity index (χ1n) is 6.85. The lowest BCUT2D eigenvalue weighted by Crippen LogP contribution is -1.87. The summed E-state index contributed by atoms with van der Waals surface area (Å²) >= 11 is 0. The average molecular weight is 274 g/mol. The number of benzene rings is 2. The van der Waals surface area contributed by atoms with Gasteiger partial charge in [-0.25, -0.2) is 4.98 Å². The van der Waals surface area contributed by atoms with Crippen molar-refractivity contribution in [2.75, 3.05) is 0 Å². The molecule has 0 spiro atoms. The number of imidazole rings is 1. The number of hydrogen-bond acceptors (Lipinski definition) is 2. The SMILES string of the molecule is Cn1cc(-c2nc3ccccc3[nH]2)c(-c2ccccc2)n1. The van der Waals surface area contributed by atoms with E-state index in [0.29, 0.717) is 0 Å². The second-order valence-corrected chi connectivity index (χ2v) is 5.03. The van der Waals surface area contributed by atoms with Gasteiger partial charge in [0.15, 0.2) is 0 Å². The fraction of sp³-hybridized carbons (Fsp3) is 0.0588. The van der Waals surface area contributed by atoms with E-state index in [-0.39, 0.29) is 0 Å². The Bertz CT molecular complexity index is 870. The molecule has 0 aliphatic carbocycles. The summed E-state index contributed by atoms with van der Waals surface area (Å²) in [6.45, 7) is 0. The minimum atomic E-state index is 0.850. The van der Waals surface area contributed by atoms with Gasteiger partial charge < -0.3 is 4.98 Å². The van der Waals surface area contributed by atoms with E-state index in [1.807, 2.05) is 60.4 Å². The van der Waals surface area contributed by atoms with Crippen molar-refractivity contribution >= 4 is 11.0 Å². The number of rotatable bonds is 2. The average Bonchev–Trinajstić information content (AvgIpc) is 3.11. The lowest BCUT2D eigenvalue weighted by atomic mass is 10.1. The Balaban J connectivity index is 1.92. The maximum absolute atomic E-state index is 4.67. The van der Waals surface area contributed by atoms with Crippen LogP contribution in [0.25, 0.3) is 33.7 Å². The molecule has 1 N–H and O–H groups in total. The van der Waals surface area contributed by atoms with Crippen molar-refractivity contribution in [3.8, 4) is 22.6 Å². The van der Waals surface area contributed by atoms with E-state index in [1.54, 1.807) is 0 Å². The molecule has 0 bridgehead atoms. The third-order valence-electron chi connectivity index (χ3n) is 3.52. The minimum absolute atomic E-state index is 0.850. The number of fused-ring (bicyclic) bond motifs is 1. The third-order valence-corrected chi connectivity index (χ3v) is 3.52. The Morgan fingerprint density at radius 2 is 1.71 bits per heavy atom. The number of H-pyrrole nitrogens is 1. The number of nitrogens with one attached hydrogen (secondary N) is 1. The van der Waals surface area contributed by atoms with Crippen LogP contribution in [0.3, 0.4) is 0 Å². The summed E-state index contributed by atoms with van der Waals surface area (Å²) in [6, 6.07) is 18.2. The van der Waals surface area contributed by atoms with Crippen LogP contribution in [0, 0.1) is 0 Å². The van der Waals surface area contributed by atoms with E-state index < -0.39 is 0 Å². The summed E-state index contributed by atoms with van der Waals surface area (Å²) in [7, 11) is 1.93. The van der Waals surface area contributed by atoms with E-state index in [0.717, 1.165) is 33.7 Å². The van der Waals surface area contributed by atoms with Gasteiger partial charge in [-0.1, -0.05) is 42.5 Å². The molecule has 102 valence electrons. The van der Waals surface area contributed by atoms with Crippen LogP contribution in [-0.4, -0.2) is 19.7 Å². The number of nitrogens with zero attached hydrogens (tertiary/aromatic N) is 3. The molecule has 4 nitrogen and oxygen atoms in total. The van der Waals surface area contributed by atoms with Gasteiger partial charge in [0.1, 0.15) is 11.5 Å². The lowest BCUT2D eigenvalue weighted by molar-refractivity contribution is 0.771. The maximum atomic E-state index is 4.67. The number of aromatic amines is 1. The highest BCUT2D eigenvalue weighted by molar-refractivity contribution is 5.83. The third kappa shape index (κ3) is 2.01. The van der Waals surface area contributed by atoms with Crippen LogP contribution in [0.5, 0.6) is 0 Å². The summed E-state index contributed by atoms with van der Waals surface area (Å²) in [6.07, 6.45) is 2.00. The van der Waals surface area contributed by atoms with Crippen LogP contribution in [0.15, 0.2) is 60.8 Å². The predicted octanol–water partition coefficient (Wildman–Crippen LogP) is 3.63. The van der Waals surface area contributed by atoms with Crippen molar-refractivity contribution in [1.82, 2.24) is 19.7 Å². The fourth-order valence-corrected chi connectivity index (χ4v) is 2.55. The largest absolute Gasteiger partial charge is 0.338 e. The molecular weight excluding hydrogens is 260 g/mol. The molecule has 0 aliphatic rings. The highest BCUT2D eigenvalue weighted by Gasteiger charge is 2.15. The zero-order valence-corrected chi connectivity index (χ0v) is 11.6. The zero-order valence-electron chi connectivity index (χ0n) is 11.6. The summed E-state index contributed by atoms with van der Waals surface area (Å²) in [5.74, 6) is 0.850. The summed E-state index contributed by atoms with van der Waals surface area (Å²) < 4.78 is 1.82. The van der Waals surface area contributed by atoms with Gasteiger partial charge in [-0.3, -0.25) is 4.68 Å². The van der Waals surface area contributed by atoms with E-state index in [1.165, 1.54) is 0 Å². The van der Waals surface area contributed by atoms with Gasteiger partial charge in [0.25, 0.3) is 0 Å². The van der Waals surface area contributed by atoms with E-state index >= 15 is 0 Å². The molecule has 4 rings (SSSR count). The number of hydrogen-bond donors (Lipinski definition) is 1. The second-order valence-electron chi connectivity index (χ2n) is 5.03. The highest BCUT2D eigenvalue weighted by Crippen LogP contribution is 2.30. The Morgan fingerprint density at radius 3 is 2.52 bits per heavy atom. The maximum Gasteiger partial charge on any atom is 0.142 e. The van der Waals surface area contributed by atoms with Gasteiger partial charge in [0.05, 0.1) is 16.6 Å². The van der Waals surface area contributed by atoms with Crippen LogP contribution in [-0.2, 0) is 7.05 Å². The van der Waals surface area contributed by atoms with Gasteiger partial charge in [0.2, 0.25) is 0 Å². The van der Waals surface area contributed by atoms with Gasteiger partial charge in [0, 0.05) is 18.8 Å². The minimum Gasteiger partial charge on any atom is -0.338 e. The van der Waals surface area contributed by atoms with Crippen molar-refractivity contribution in [3.05, 3.63) is 60.8 Å². The molecule has 0 aliphatic heterocycles. The molecule has 0 fully saturated rings. The molecule has 21 heavy (non-hydrogen) atoms.